The zero-order chi connectivity index (χ0) is 8.55. The lowest BCUT2D eigenvalue weighted by atomic mass is 10.1. The molecular formula is C10H19NO. The molecule has 1 aliphatic carbocycles. The minimum Gasteiger partial charge on any atom is -0.396 e. The third-order valence-corrected chi connectivity index (χ3v) is 3.23. The van der Waals surface area contributed by atoms with E-state index in [0.29, 0.717) is 12.5 Å². The lowest BCUT2D eigenvalue weighted by Gasteiger charge is -2.28. The number of aliphatic hydroxyl groups is 1. The van der Waals surface area contributed by atoms with Crippen molar-refractivity contribution in [2.75, 3.05) is 19.7 Å². The van der Waals surface area contributed by atoms with E-state index in [1.54, 1.807) is 0 Å². The summed E-state index contributed by atoms with van der Waals surface area (Å²) in [5.41, 5.74) is 0. The summed E-state index contributed by atoms with van der Waals surface area (Å²) in [5.74, 6) is 1.48. The summed E-state index contributed by atoms with van der Waals surface area (Å²) in [7, 11) is 0. The molecule has 2 rings (SSSR count). The number of nitrogens with zero attached hydrogens (tertiary/aromatic N) is 1. The van der Waals surface area contributed by atoms with E-state index >= 15 is 0 Å². The predicted molar refractivity (Wildman–Crippen MR) is 49.0 cm³/mol. The quantitative estimate of drug-likeness (QED) is 0.684. The summed E-state index contributed by atoms with van der Waals surface area (Å²) in [5, 5.41) is 8.94. The van der Waals surface area contributed by atoms with Crippen molar-refractivity contribution >= 4 is 0 Å². The first kappa shape index (κ1) is 8.52. The van der Waals surface area contributed by atoms with Gasteiger partial charge in [-0.1, -0.05) is 6.92 Å². The van der Waals surface area contributed by atoms with E-state index in [0.717, 1.165) is 18.5 Å². The number of aliphatic hydroxyl groups excluding tert-OH is 1. The van der Waals surface area contributed by atoms with Crippen molar-refractivity contribution in [2.24, 2.45) is 11.8 Å². The third kappa shape index (κ3) is 1.64. The zero-order valence-corrected chi connectivity index (χ0v) is 7.87. The number of rotatable bonds is 3. The Morgan fingerprint density at radius 1 is 1.58 bits per heavy atom. The van der Waals surface area contributed by atoms with Crippen molar-refractivity contribution in [3.8, 4) is 0 Å². The van der Waals surface area contributed by atoms with Gasteiger partial charge >= 0.3 is 0 Å². The smallest absolute Gasteiger partial charge is 0.0468 e. The first-order valence-corrected chi connectivity index (χ1v) is 5.16. The van der Waals surface area contributed by atoms with Crippen LogP contribution < -0.4 is 0 Å². The van der Waals surface area contributed by atoms with Gasteiger partial charge in [0.2, 0.25) is 0 Å². The Kier molecular flexibility index (Phi) is 2.37. The molecule has 0 amide bonds. The molecule has 2 nitrogen and oxygen atoms in total. The molecule has 0 aromatic carbocycles. The van der Waals surface area contributed by atoms with Gasteiger partial charge in [0.1, 0.15) is 0 Å². The minimum absolute atomic E-state index is 0.341. The van der Waals surface area contributed by atoms with Crippen molar-refractivity contribution in [3.05, 3.63) is 0 Å². The zero-order valence-electron chi connectivity index (χ0n) is 7.87. The van der Waals surface area contributed by atoms with Gasteiger partial charge in [-0.2, -0.15) is 0 Å². The SMILES string of the molecule is CC(CO)CN1CCC[C@@H]2C[C@@H]21. The maximum atomic E-state index is 8.94. The molecule has 0 aromatic heterocycles. The van der Waals surface area contributed by atoms with E-state index in [1.165, 1.54) is 25.8 Å². The third-order valence-electron chi connectivity index (χ3n) is 3.23. The number of hydrogen-bond donors (Lipinski definition) is 1. The Morgan fingerprint density at radius 2 is 2.42 bits per heavy atom. The highest BCUT2D eigenvalue weighted by Crippen LogP contribution is 2.43. The molecule has 2 fully saturated rings. The van der Waals surface area contributed by atoms with Gasteiger partial charge in [0, 0.05) is 19.2 Å². The molecule has 1 heterocycles. The summed E-state index contributed by atoms with van der Waals surface area (Å²) >= 11 is 0. The van der Waals surface area contributed by atoms with Crippen LogP contribution in [0.1, 0.15) is 26.2 Å². The lowest BCUT2D eigenvalue weighted by molar-refractivity contribution is 0.148. The van der Waals surface area contributed by atoms with E-state index in [2.05, 4.69) is 11.8 Å². The molecular weight excluding hydrogens is 150 g/mol. The summed E-state index contributed by atoms with van der Waals surface area (Å²) in [6, 6.07) is 0.896. The van der Waals surface area contributed by atoms with E-state index in [9.17, 15) is 0 Å². The average molecular weight is 169 g/mol. The largest absolute Gasteiger partial charge is 0.396 e. The standard InChI is InChI=1S/C10H19NO/c1-8(7-12)6-11-4-2-3-9-5-10(9)11/h8-10,12H,2-7H2,1H3/t8?,9-,10+/m1/s1. The fraction of sp³-hybridized carbons (Fsp3) is 1.00. The second kappa shape index (κ2) is 3.35. The van der Waals surface area contributed by atoms with Crippen molar-refractivity contribution in [1.29, 1.82) is 0 Å². The van der Waals surface area contributed by atoms with Crippen LogP contribution >= 0.6 is 0 Å². The van der Waals surface area contributed by atoms with Crippen molar-refractivity contribution in [2.45, 2.75) is 32.2 Å². The molecule has 2 aliphatic rings. The maximum absolute atomic E-state index is 8.94. The Morgan fingerprint density at radius 3 is 3.17 bits per heavy atom. The van der Waals surface area contributed by atoms with Crippen LogP contribution in [-0.2, 0) is 0 Å². The predicted octanol–water partition coefficient (Wildman–Crippen LogP) is 1.10. The normalized spacial score (nSPS) is 37.5. The van der Waals surface area contributed by atoms with Gasteiger partial charge in [0.25, 0.3) is 0 Å². The van der Waals surface area contributed by atoms with Crippen molar-refractivity contribution < 1.29 is 5.11 Å². The van der Waals surface area contributed by atoms with E-state index in [4.69, 9.17) is 5.11 Å². The topological polar surface area (TPSA) is 23.5 Å². The second-order valence-corrected chi connectivity index (χ2v) is 4.49. The monoisotopic (exact) mass is 169 g/mol. The van der Waals surface area contributed by atoms with Crippen molar-refractivity contribution in [3.63, 3.8) is 0 Å². The molecule has 1 saturated heterocycles. The Balaban J connectivity index is 1.79. The fourth-order valence-corrected chi connectivity index (χ4v) is 2.40. The van der Waals surface area contributed by atoms with Crippen LogP contribution in [0, 0.1) is 11.8 Å². The molecule has 0 bridgehead atoms. The molecule has 2 heteroatoms. The summed E-state index contributed by atoms with van der Waals surface area (Å²) < 4.78 is 0. The number of hydrogen-bond acceptors (Lipinski definition) is 2. The highest BCUT2D eigenvalue weighted by Gasteiger charge is 2.43. The van der Waals surface area contributed by atoms with Crippen LogP contribution in [0.25, 0.3) is 0 Å². The summed E-state index contributed by atoms with van der Waals surface area (Å²) in [6.07, 6.45) is 4.26. The van der Waals surface area contributed by atoms with Crippen LogP contribution in [0.5, 0.6) is 0 Å². The molecule has 3 atom stereocenters. The van der Waals surface area contributed by atoms with Crippen LogP contribution in [-0.4, -0.2) is 35.7 Å². The Hall–Kier alpha value is -0.0800. The summed E-state index contributed by atoms with van der Waals surface area (Å²) in [4.78, 5) is 2.58. The minimum atomic E-state index is 0.341. The van der Waals surface area contributed by atoms with Crippen LogP contribution in [0.4, 0.5) is 0 Å². The van der Waals surface area contributed by atoms with Gasteiger partial charge in [-0.25, -0.2) is 0 Å². The highest BCUT2D eigenvalue weighted by atomic mass is 16.3. The van der Waals surface area contributed by atoms with E-state index in [1.807, 2.05) is 0 Å². The van der Waals surface area contributed by atoms with Gasteiger partial charge in [0.15, 0.2) is 0 Å². The molecule has 1 saturated carbocycles. The molecule has 1 unspecified atom stereocenters. The van der Waals surface area contributed by atoms with Gasteiger partial charge in [-0.3, -0.25) is 4.90 Å². The molecule has 1 N–H and O–H groups in total. The summed E-state index contributed by atoms with van der Waals surface area (Å²) in [6.45, 7) is 4.85. The number of fused-ring (bicyclic) bond motifs is 1. The van der Waals surface area contributed by atoms with Crippen LogP contribution in [0.15, 0.2) is 0 Å². The Bertz CT molecular complexity index is 160. The van der Waals surface area contributed by atoms with Gasteiger partial charge in [0.05, 0.1) is 0 Å². The highest BCUT2D eigenvalue weighted by molar-refractivity contribution is 4.98. The van der Waals surface area contributed by atoms with Crippen LogP contribution in [0.3, 0.4) is 0 Å². The van der Waals surface area contributed by atoms with Crippen LogP contribution in [0.2, 0.25) is 0 Å². The van der Waals surface area contributed by atoms with Gasteiger partial charge in [-0.05, 0) is 37.6 Å². The number of piperidine rings is 1. The Labute approximate surface area is 74.6 Å². The van der Waals surface area contributed by atoms with Gasteiger partial charge < -0.3 is 5.11 Å². The van der Waals surface area contributed by atoms with E-state index < -0.39 is 0 Å². The van der Waals surface area contributed by atoms with E-state index in [-0.39, 0.29) is 0 Å². The van der Waals surface area contributed by atoms with Gasteiger partial charge in [-0.15, -0.1) is 0 Å². The first-order valence-electron chi connectivity index (χ1n) is 5.16. The first-order chi connectivity index (χ1) is 5.81. The second-order valence-electron chi connectivity index (χ2n) is 4.49. The molecule has 0 spiro atoms. The van der Waals surface area contributed by atoms with Crippen molar-refractivity contribution in [1.82, 2.24) is 4.90 Å². The maximum Gasteiger partial charge on any atom is 0.0468 e. The molecule has 12 heavy (non-hydrogen) atoms. The molecule has 1 aliphatic heterocycles. The fourth-order valence-electron chi connectivity index (χ4n) is 2.40. The average Bonchev–Trinajstić information content (AvgIpc) is 2.84. The lowest BCUT2D eigenvalue weighted by Crippen LogP contribution is -2.36. The molecule has 70 valence electrons. The number of likely N-dealkylation sites (tertiary alicyclic amines) is 1. The molecule has 0 aromatic rings. The molecule has 0 radical (unpaired) electrons.